The predicted molar refractivity (Wildman–Crippen MR) is 213 cm³/mol. The third kappa shape index (κ3) is 25.7. The van der Waals surface area contributed by atoms with Crippen molar-refractivity contribution in [2.45, 2.75) is 179 Å². The monoisotopic (exact) mass is 817 g/mol. The molecular weight excluding hydrogens is 745 g/mol. The molecule has 0 saturated heterocycles. The molecule has 1 unspecified atom stereocenters. The van der Waals surface area contributed by atoms with Gasteiger partial charge in [-0.25, -0.2) is 4.57 Å². The summed E-state index contributed by atoms with van der Waals surface area (Å²) in [6.45, 7) is 2.41. The highest BCUT2D eigenvalue weighted by Crippen LogP contribution is 2.43. The summed E-state index contributed by atoms with van der Waals surface area (Å²) in [5, 5.41) is 29.5. The molecule has 324 valence electrons. The van der Waals surface area contributed by atoms with E-state index in [1.54, 1.807) is 12.2 Å². The number of carbonyl (C=O) groups is 4. The van der Waals surface area contributed by atoms with Crippen molar-refractivity contribution >= 4 is 31.5 Å². The van der Waals surface area contributed by atoms with Crippen LogP contribution < -0.4 is 5.73 Å². The number of aliphatic hydroxyl groups is 2. The van der Waals surface area contributed by atoms with Crippen LogP contribution in [0.25, 0.3) is 0 Å². The number of nitrogens with two attached hydrogens (primary N) is 1. The van der Waals surface area contributed by atoms with Crippen LogP contribution in [0, 0.1) is 11.8 Å². The van der Waals surface area contributed by atoms with Crippen molar-refractivity contribution in [1.82, 2.24) is 0 Å². The molecule has 0 aromatic heterocycles. The molecule has 6 N–H and O–H groups in total. The van der Waals surface area contributed by atoms with Gasteiger partial charge in [-0.05, 0) is 32.1 Å². The van der Waals surface area contributed by atoms with Gasteiger partial charge in [-0.3, -0.25) is 28.2 Å². The van der Waals surface area contributed by atoms with Crippen LogP contribution in [-0.4, -0.2) is 88.1 Å². The van der Waals surface area contributed by atoms with E-state index in [4.69, 9.17) is 24.8 Å². The Morgan fingerprint density at radius 3 is 2.02 bits per heavy atom. The standard InChI is InChI=1S/C41H72NO13P/c1-3-5-7-8-9-10-11-12-13-14-15-21-25-40(47)55-33(30-53-56(50,51)54-31-36(42)41(48)49)29-52-39(46)24-20-17-16-19-23-34-35(38(45)28-37(34)44)27-26-32(43)22-18-6-4-2/h16,19,26-27,32-36,38,43,45H,3-15,17-18,20-25,28-31,42H2,1-2H3,(H,48,49)(H,50,51)/b19-16-,27-26+/t32-,33+,34+,35+,36-,38+/m0/s1. The van der Waals surface area contributed by atoms with Crippen LogP contribution in [0.3, 0.4) is 0 Å². The molecule has 1 aliphatic carbocycles. The quantitative estimate of drug-likeness (QED) is 0.0184. The van der Waals surface area contributed by atoms with E-state index in [1.807, 2.05) is 12.2 Å². The van der Waals surface area contributed by atoms with Crippen LogP contribution in [0.1, 0.15) is 155 Å². The van der Waals surface area contributed by atoms with Crippen LogP contribution in [0.4, 0.5) is 0 Å². The third-order valence-corrected chi connectivity index (χ3v) is 10.8. The summed E-state index contributed by atoms with van der Waals surface area (Å²) in [4.78, 5) is 58.6. The Morgan fingerprint density at radius 2 is 1.39 bits per heavy atom. The molecule has 1 rings (SSSR count). The molecule has 56 heavy (non-hydrogen) atoms. The summed E-state index contributed by atoms with van der Waals surface area (Å²) in [6.07, 6.45) is 23.3. The fourth-order valence-corrected chi connectivity index (χ4v) is 7.18. The van der Waals surface area contributed by atoms with E-state index in [0.717, 1.165) is 44.9 Å². The van der Waals surface area contributed by atoms with Gasteiger partial charge in [0.1, 0.15) is 18.4 Å². The Kier molecular flexibility index (Phi) is 29.0. The lowest BCUT2D eigenvalue weighted by atomic mass is 9.90. The third-order valence-electron chi connectivity index (χ3n) is 9.82. The lowest BCUT2D eigenvalue weighted by Crippen LogP contribution is -2.34. The van der Waals surface area contributed by atoms with Crippen molar-refractivity contribution in [2.75, 3.05) is 19.8 Å². The van der Waals surface area contributed by atoms with E-state index in [9.17, 15) is 38.8 Å². The summed E-state index contributed by atoms with van der Waals surface area (Å²) < 4.78 is 32.6. The second-order valence-electron chi connectivity index (χ2n) is 14.9. The Balaban J connectivity index is 2.53. The number of aliphatic hydroxyl groups excluding tert-OH is 2. The molecule has 1 fully saturated rings. The van der Waals surface area contributed by atoms with Gasteiger partial charge in [0.15, 0.2) is 6.10 Å². The number of ketones is 1. The number of Topliss-reactive ketones (excluding diaryl/α,β-unsaturated/α-hetero) is 1. The molecular formula is C41H72NO13P. The predicted octanol–water partition coefficient (Wildman–Crippen LogP) is 7.26. The zero-order valence-corrected chi connectivity index (χ0v) is 34.8. The van der Waals surface area contributed by atoms with Crippen molar-refractivity contribution in [3.05, 3.63) is 24.3 Å². The molecule has 0 bridgehead atoms. The Bertz CT molecular complexity index is 1210. The van der Waals surface area contributed by atoms with Crippen molar-refractivity contribution in [3.8, 4) is 0 Å². The summed E-state index contributed by atoms with van der Waals surface area (Å²) in [5.41, 5.74) is 5.32. The zero-order valence-electron chi connectivity index (χ0n) is 33.9. The molecule has 1 aliphatic rings. The first-order valence-corrected chi connectivity index (χ1v) is 22.5. The van der Waals surface area contributed by atoms with Gasteiger partial charge in [0, 0.05) is 31.1 Å². The molecule has 0 aliphatic heterocycles. The summed E-state index contributed by atoms with van der Waals surface area (Å²) >= 11 is 0. The van der Waals surface area contributed by atoms with Gasteiger partial charge >= 0.3 is 25.7 Å². The summed E-state index contributed by atoms with van der Waals surface area (Å²) in [6, 6.07) is -1.56. The second kappa shape index (κ2) is 31.5. The number of phosphoric acid groups is 1. The van der Waals surface area contributed by atoms with E-state index < -0.39 is 69.9 Å². The number of rotatable bonds is 35. The largest absolute Gasteiger partial charge is 0.480 e. The lowest BCUT2D eigenvalue weighted by Gasteiger charge is -2.20. The minimum atomic E-state index is -4.78. The first-order chi connectivity index (χ1) is 26.8. The summed E-state index contributed by atoms with van der Waals surface area (Å²) in [5.74, 6) is -3.39. The van der Waals surface area contributed by atoms with Crippen molar-refractivity contribution in [1.29, 1.82) is 0 Å². The van der Waals surface area contributed by atoms with Crippen LogP contribution >= 0.6 is 7.82 Å². The average Bonchev–Trinajstić information content (AvgIpc) is 3.43. The highest BCUT2D eigenvalue weighted by Gasteiger charge is 2.39. The van der Waals surface area contributed by atoms with Gasteiger partial charge in [0.05, 0.1) is 25.4 Å². The SMILES string of the molecule is CCCCCCCCCCCCCCC(=O)O[C@H](COC(=O)CCC/C=C\C[C@H]1C(=O)C[C@@H](O)[C@@H]1/C=C/[C@@H](O)CCCCC)COP(=O)(O)OC[C@H](N)C(=O)O. The average molecular weight is 818 g/mol. The highest BCUT2D eigenvalue weighted by atomic mass is 31.2. The maximum absolute atomic E-state index is 12.6. The van der Waals surface area contributed by atoms with Gasteiger partial charge in [0.2, 0.25) is 0 Å². The van der Waals surface area contributed by atoms with E-state index in [0.29, 0.717) is 32.1 Å². The number of phosphoric ester groups is 1. The number of ether oxygens (including phenoxy) is 2. The molecule has 0 aromatic carbocycles. The molecule has 0 radical (unpaired) electrons. The van der Waals surface area contributed by atoms with Crippen molar-refractivity contribution in [2.24, 2.45) is 17.6 Å². The van der Waals surface area contributed by atoms with Crippen LogP contribution in [0.2, 0.25) is 0 Å². The molecule has 0 aromatic rings. The molecule has 1 saturated carbocycles. The topological polar surface area (TPSA) is 229 Å². The molecule has 15 heteroatoms. The number of esters is 2. The number of aliphatic carboxylic acids is 1. The maximum atomic E-state index is 12.6. The number of carbonyl (C=O) groups excluding carboxylic acids is 3. The molecule has 0 heterocycles. The van der Waals surface area contributed by atoms with Gasteiger partial charge in [-0.2, -0.15) is 0 Å². The van der Waals surface area contributed by atoms with Crippen LogP contribution in [-0.2, 0) is 42.3 Å². The van der Waals surface area contributed by atoms with Crippen molar-refractivity contribution in [3.63, 3.8) is 0 Å². The maximum Gasteiger partial charge on any atom is 0.472 e. The zero-order chi connectivity index (χ0) is 41.6. The fourth-order valence-electron chi connectivity index (χ4n) is 6.40. The Hall–Kier alpha value is -2.45. The molecule has 0 amide bonds. The minimum absolute atomic E-state index is 0.0258. The highest BCUT2D eigenvalue weighted by molar-refractivity contribution is 7.47. The first-order valence-electron chi connectivity index (χ1n) is 21.0. The van der Waals surface area contributed by atoms with Crippen LogP contribution in [0.15, 0.2) is 24.3 Å². The van der Waals surface area contributed by atoms with Gasteiger partial charge in [0.25, 0.3) is 0 Å². The van der Waals surface area contributed by atoms with Crippen LogP contribution in [0.5, 0.6) is 0 Å². The number of unbranched alkanes of at least 4 members (excludes halogenated alkanes) is 14. The number of carboxylic acid groups (broad SMARTS) is 1. The number of carboxylic acids is 1. The normalized spacial score (nSPS) is 20.0. The summed E-state index contributed by atoms with van der Waals surface area (Å²) in [7, 11) is -4.78. The number of hydrogen-bond donors (Lipinski definition) is 5. The first kappa shape index (κ1) is 51.6. The van der Waals surface area contributed by atoms with E-state index in [-0.39, 0.29) is 36.9 Å². The smallest absolute Gasteiger partial charge is 0.472 e. The molecule has 14 nitrogen and oxygen atoms in total. The van der Waals surface area contributed by atoms with Gasteiger partial charge < -0.3 is 35.4 Å². The van der Waals surface area contributed by atoms with E-state index in [2.05, 4.69) is 18.4 Å². The number of hydrogen-bond acceptors (Lipinski definition) is 12. The molecule has 7 atom stereocenters. The van der Waals surface area contributed by atoms with Gasteiger partial charge in [-0.1, -0.05) is 128 Å². The van der Waals surface area contributed by atoms with E-state index >= 15 is 0 Å². The lowest BCUT2D eigenvalue weighted by molar-refractivity contribution is -0.161. The fraction of sp³-hybridized carbons (Fsp3) is 0.805. The van der Waals surface area contributed by atoms with Gasteiger partial charge in [-0.15, -0.1) is 0 Å². The van der Waals surface area contributed by atoms with Crippen molar-refractivity contribution < 1.29 is 62.5 Å². The number of allylic oxidation sites excluding steroid dienone is 2. The Labute approximate surface area is 334 Å². The Morgan fingerprint density at radius 1 is 0.821 bits per heavy atom. The molecule has 0 spiro atoms. The minimum Gasteiger partial charge on any atom is -0.480 e. The van der Waals surface area contributed by atoms with E-state index in [1.165, 1.54) is 44.9 Å². The second-order valence-corrected chi connectivity index (χ2v) is 16.4.